The minimum atomic E-state index is -3.17. The fraction of sp³-hybridized carbons (Fsp3) is 0.923. The van der Waals surface area contributed by atoms with Gasteiger partial charge in [-0.05, 0) is 38.0 Å². The number of hydrogen-bond acceptors (Lipinski definition) is 4. The first-order valence-corrected chi connectivity index (χ1v) is 8.53. The van der Waals surface area contributed by atoms with Crippen LogP contribution in [0.4, 0.5) is 0 Å². The molecule has 2 rings (SSSR count). The summed E-state index contributed by atoms with van der Waals surface area (Å²) in [5.41, 5.74) is -2.17. The van der Waals surface area contributed by atoms with Crippen LogP contribution in [0.1, 0.15) is 45.4 Å². The van der Waals surface area contributed by atoms with E-state index in [1.165, 1.54) is 0 Å². The van der Waals surface area contributed by atoms with Gasteiger partial charge in [-0.2, -0.15) is 5.26 Å². The maximum absolute atomic E-state index is 11.6. The molecule has 0 aromatic rings. The normalized spacial score (nSPS) is 43.5. The van der Waals surface area contributed by atoms with Crippen molar-refractivity contribution in [2.45, 2.75) is 51.0 Å². The van der Waals surface area contributed by atoms with Crippen LogP contribution < -0.4 is 0 Å². The van der Waals surface area contributed by atoms with Gasteiger partial charge in [0, 0.05) is 0 Å². The van der Waals surface area contributed by atoms with Crippen LogP contribution in [0.5, 0.6) is 0 Å². The Bertz CT molecular complexity index is 457. The van der Waals surface area contributed by atoms with Gasteiger partial charge < -0.3 is 5.11 Å². The SMILES string of the molecule is CCC1CCC(C#N)(C2(O)CCS(=O)(=O)C2)CC1. The zero-order valence-electron chi connectivity index (χ0n) is 10.9. The number of hydrogen-bond donors (Lipinski definition) is 1. The van der Waals surface area contributed by atoms with E-state index in [1.807, 2.05) is 0 Å². The van der Waals surface area contributed by atoms with Gasteiger partial charge in [0.15, 0.2) is 9.84 Å². The van der Waals surface area contributed by atoms with Crippen molar-refractivity contribution in [1.82, 2.24) is 0 Å². The molecule has 0 bridgehead atoms. The van der Waals surface area contributed by atoms with Crippen LogP contribution in [-0.2, 0) is 9.84 Å². The van der Waals surface area contributed by atoms with Crippen LogP contribution in [0.2, 0.25) is 0 Å². The smallest absolute Gasteiger partial charge is 0.153 e. The fourth-order valence-electron chi connectivity index (χ4n) is 3.47. The Morgan fingerprint density at radius 2 is 1.94 bits per heavy atom. The van der Waals surface area contributed by atoms with E-state index in [0.29, 0.717) is 18.8 Å². The highest BCUT2D eigenvalue weighted by molar-refractivity contribution is 7.91. The monoisotopic (exact) mass is 271 g/mol. The molecule has 0 aromatic heterocycles. The molecule has 1 saturated heterocycles. The molecule has 0 spiro atoms. The van der Waals surface area contributed by atoms with Gasteiger partial charge in [-0.3, -0.25) is 0 Å². The van der Waals surface area contributed by atoms with Gasteiger partial charge in [-0.15, -0.1) is 0 Å². The zero-order valence-corrected chi connectivity index (χ0v) is 11.7. The molecule has 1 atom stereocenters. The molecule has 1 N–H and O–H groups in total. The number of aliphatic hydroxyl groups is 1. The third-order valence-corrected chi connectivity index (χ3v) is 6.67. The Morgan fingerprint density at radius 1 is 1.33 bits per heavy atom. The number of rotatable bonds is 2. The molecule has 1 heterocycles. The van der Waals surface area contributed by atoms with Crippen molar-refractivity contribution in [3.8, 4) is 6.07 Å². The van der Waals surface area contributed by atoms with Gasteiger partial charge in [-0.25, -0.2) is 8.42 Å². The van der Waals surface area contributed by atoms with E-state index < -0.39 is 20.9 Å². The lowest BCUT2D eigenvalue weighted by Crippen LogP contribution is -2.50. The molecule has 1 saturated carbocycles. The Kier molecular flexibility index (Phi) is 3.46. The lowest BCUT2D eigenvalue weighted by molar-refractivity contribution is -0.0576. The summed E-state index contributed by atoms with van der Waals surface area (Å²) in [4.78, 5) is 0. The van der Waals surface area contributed by atoms with E-state index >= 15 is 0 Å². The summed E-state index contributed by atoms with van der Waals surface area (Å²) < 4.78 is 23.2. The van der Waals surface area contributed by atoms with Crippen molar-refractivity contribution in [3.63, 3.8) is 0 Å². The largest absolute Gasteiger partial charge is 0.387 e. The van der Waals surface area contributed by atoms with Gasteiger partial charge >= 0.3 is 0 Å². The Labute approximate surface area is 109 Å². The molecule has 1 aliphatic heterocycles. The first-order chi connectivity index (χ1) is 8.36. The summed E-state index contributed by atoms with van der Waals surface area (Å²) in [5, 5.41) is 20.2. The Hall–Kier alpha value is -0.600. The standard InChI is InChI=1S/C13H21NO3S/c1-2-11-3-5-12(9-14,6-4-11)13(15)7-8-18(16,17)10-13/h11,15H,2-8,10H2,1H3. The highest BCUT2D eigenvalue weighted by Crippen LogP contribution is 2.50. The van der Waals surface area contributed by atoms with Crippen molar-refractivity contribution in [3.05, 3.63) is 0 Å². The maximum atomic E-state index is 11.6. The van der Waals surface area contributed by atoms with E-state index in [0.717, 1.165) is 19.3 Å². The van der Waals surface area contributed by atoms with Gasteiger partial charge in [0.2, 0.25) is 0 Å². The first kappa shape index (κ1) is 13.8. The molecular formula is C13H21NO3S. The average Bonchev–Trinajstić information content (AvgIpc) is 2.65. The summed E-state index contributed by atoms with van der Waals surface area (Å²) in [6, 6.07) is 2.27. The van der Waals surface area contributed by atoms with Crippen LogP contribution in [0.25, 0.3) is 0 Å². The van der Waals surface area contributed by atoms with E-state index in [1.54, 1.807) is 0 Å². The second-order valence-corrected chi connectivity index (χ2v) is 8.10. The molecule has 102 valence electrons. The zero-order chi connectivity index (χ0) is 13.4. The number of sulfone groups is 1. The summed E-state index contributed by atoms with van der Waals surface area (Å²) in [6.07, 6.45) is 4.43. The predicted molar refractivity (Wildman–Crippen MR) is 68.5 cm³/mol. The minimum Gasteiger partial charge on any atom is -0.387 e. The van der Waals surface area contributed by atoms with Crippen LogP contribution in [0.15, 0.2) is 0 Å². The highest BCUT2D eigenvalue weighted by Gasteiger charge is 2.57. The third kappa shape index (κ3) is 2.17. The highest BCUT2D eigenvalue weighted by atomic mass is 32.2. The second-order valence-electron chi connectivity index (χ2n) is 5.92. The molecule has 1 aliphatic carbocycles. The number of nitriles is 1. The molecular weight excluding hydrogens is 250 g/mol. The summed E-state index contributed by atoms with van der Waals surface area (Å²) in [7, 11) is -3.17. The van der Waals surface area contributed by atoms with E-state index in [2.05, 4.69) is 13.0 Å². The van der Waals surface area contributed by atoms with Crippen LogP contribution in [0, 0.1) is 22.7 Å². The molecule has 18 heavy (non-hydrogen) atoms. The first-order valence-electron chi connectivity index (χ1n) is 6.70. The topological polar surface area (TPSA) is 78.2 Å². The van der Waals surface area contributed by atoms with Crippen molar-refractivity contribution in [2.75, 3.05) is 11.5 Å². The van der Waals surface area contributed by atoms with Gasteiger partial charge in [0.25, 0.3) is 0 Å². The fourth-order valence-corrected chi connectivity index (χ4v) is 5.41. The van der Waals surface area contributed by atoms with Gasteiger partial charge in [-0.1, -0.05) is 13.3 Å². The third-order valence-electron chi connectivity index (χ3n) is 4.93. The quantitative estimate of drug-likeness (QED) is 0.828. The van der Waals surface area contributed by atoms with Crippen LogP contribution in [-0.4, -0.2) is 30.6 Å². The number of nitrogens with zero attached hydrogens (tertiary/aromatic N) is 1. The predicted octanol–water partition coefficient (Wildman–Crippen LogP) is 1.65. The molecule has 0 radical (unpaired) electrons. The lowest BCUT2D eigenvalue weighted by atomic mass is 9.61. The van der Waals surface area contributed by atoms with E-state index in [4.69, 9.17) is 0 Å². The summed E-state index contributed by atoms with van der Waals surface area (Å²) in [6.45, 7) is 2.14. The molecule has 0 amide bonds. The van der Waals surface area contributed by atoms with Crippen molar-refractivity contribution in [1.29, 1.82) is 5.26 Å². The minimum absolute atomic E-state index is 0.0180. The molecule has 4 nitrogen and oxygen atoms in total. The van der Waals surface area contributed by atoms with Crippen LogP contribution in [0.3, 0.4) is 0 Å². The molecule has 5 heteroatoms. The second kappa shape index (κ2) is 4.50. The Balaban J connectivity index is 2.22. The Morgan fingerprint density at radius 3 is 2.33 bits per heavy atom. The molecule has 1 unspecified atom stereocenters. The van der Waals surface area contributed by atoms with Gasteiger partial charge in [0.1, 0.15) is 0 Å². The van der Waals surface area contributed by atoms with Crippen LogP contribution >= 0.6 is 0 Å². The van der Waals surface area contributed by atoms with Gasteiger partial charge in [0.05, 0.1) is 28.6 Å². The van der Waals surface area contributed by atoms with Crippen molar-refractivity contribution in [2.24, 2.45) is 11.3 Å². The summed E-state index contributed by atoms with van der Waals surface area (Å²) in [5.74, 6) is 0.405. The lowest BCUT2D eigenvalue weighted by Gasteiger charge is -2.44. The molecule has 2 fully saturated rings. The van der Waals surface area contributed by atoms with Crippen molar-refractivity contribution >= 4 is 9.84 Å². The van der Waals surface area contributed by atoms with E-state index in [-0.39, 0.29) is 17.9 Å². The maximum Gasteiger partial charge on any atom is 0.153 e. The van der Waals surface area contributed by atoms with Crippen molar-refractivity contribution < 1.29 is 13.5 Å². The molecule has 2 aliphatic rings. The average molecular weight is 271 g/mol. The molecule has 0 aromatic carbocycles. The van der Waals surface area contributed by atoms with E-state index in [9.17, 15) is 18.8 Å². The summed E-state index contributed by atoms with van der Waals surface area (Å²) >= 11 is 0.